The Morgan fingerprint density at radius 3 is 0.895 bits per heavy atom. The minimum Gasteiger partial charge on any atom is -0.453 e. The van der Waals surface area contributed by atoms with E-state index in [-0.39, 0.29) is 0 Å². The molecule has 4 heterocycles. The van der Waals surface area contributed by atoms with E-state index in [0.29, 0.717) is 34.9 Å². The molecule has 12 aromatic rings. The Morgan fingerprint density at radius 1 is 0.250 bits per heavy atom. The SMILES string of the molecule is c1ccc(-c2nc(-c3ccccc3)nc(-c3cc(-c4cc(-c5nc(-c6ccccc6)nc(-c6ccccc6)n5)cc(N5c6ccccc6Sc6ccccc65)c4)cc(N4c5ccccc5Oc5ccccc54)c3)n2)cc1. The molecule has 0 aliphatic carbocycles. The van der Waals surface area contributed by atoms with Gasteiger partial charge in [0, 0.05) is 54.5 Å². The summed E-state index contributed by atoms with van der Waals surface area (Å²) in [7, 11) is 0. The van der Waals surface area contributed by atoms with Crippen LogP contribution in [0.5, 0.6) is 11.5 Å². The second kappa shape index (κ2) is 19.1. The Bertz CT molecular complexity index is 3670. The van der Waals surface area contributed by atoms with Crippen LogP contribution in [0.3, 0.4) is 0 Å². The van der Waals surface area contributed by atoms with Crippen molar-refractivity contribution in [3.05, 3.63) is 255 Å². The minimum absolute atomic E-state index is 0.524. The normalized spacial score (nSPS) is 12.2. The molecule has 0 unspecified atom stereocenters. The number of para-hydroxylation sites is 6. The van der Waals surface area contributed by atoms with Gasteiger partial charge in [0.05, 0.1) is 22.7 Å². The van der Waals surface area contributed by atoms with Crippen LogP contribution in [-0.4, -0.2) is 29.9 Å². The molecule has 76 heavy (non-hydrogen) atoms. The van der Waals surface area contributed by atoms with E-state index in [4.69, 9.17) is 34.6 Å². The third-order valence-electron chi connectivity index (χ3n) is 13.5. The molecule has 10 heteroatoms. The molecule has 358 valence electrons. The van der Waals surface area contributed by atoms with Gasteiger partial charge in [0.25, 0.3) is 0 Å². The topological polar surface area (TPSA) is 93.0 Å². The molecular weight excluding hydrogens is 953 g/mol. The summed E-state index contributed by atoms with van der Waals surface area (Å²) in [6.07, 6.45) is 0. The van der Waals surface area contributed by atoms with Crippen LogP contribution in [0.15, 0.2) is 265 Å². The second-order valence-electron chi connectivity index (χ2n) is 18.4. The molecule has 0 amide bonds. The van der Waals surface area contributed by atoms with Crippen LogP contribution >= 0.6 is 11.8 Å². The zero-order chi connectivity index (χ0) is 50.4. The average Bonchev–Trinajstić information content (AvgIpc) is 3.55. The first-order chi connectivity index (χ1) is 37.6. The number of rotatable bonds is 9. The third kappa shape index (κ3) is 8.38. The first kappa shape index (κ1) is 44.7. The molecule has 10 aromatic carbocycles. The van der Waals surface area contributed by atoms with Crippen LogP contribution in [-0.2, 0) is 0 Å². The van der Waals surface area contributed by atoms with Crippen molar-refractivity contribution in [3.8, 4) is 91.0 Å². The number of aromatic nitrogens is 6. The lowest BCUT2D eigenvalue weighted by Crippen LogP contribution is -2.16. The first-order valence-electron chi connectivity index (χ1n) is 25.0. The summed E-state index contributed by atoms with van der Waals surface area (Å²) >= 11 is 1.78. The third-order valence-corrected chi connectivity index (χ3v) is 14.6. The molecule has 0 saturated heterocycles. The summed E-state index contributed by atoms with van der Waals surface area (Å²) < 4.78 is 6.58. The quantitative estimate of drug-likeness (QED) is 0.139. The van der Waals surface area contributed by atoms with Crippen molar-refractivity contribution in [3.63, 3.8) is 0 Å². The summed E-state index contributed by atoms with van der Waals surface area (Å²) in [5.74, 6) is 4.84. The van der Waals surface area contributed by atoms with Gasteiger partial charge in [-0.15, -0.1) is 0 Å². The zero-order valence-corrected chi connectivity index (χ0v) is 41.5. The molecule has 2 aromatic heterocycles. The number of hydrogen-bond donors (Lipinski definition) is 0. The maximum Gasteiger partial charge on any atom is 0.164 e. The fourth-order valence-electron chi connectivity index (χ4n) is 9.91. The molecule has 0 bridgehead atoms. The van der Waals surface area contributed by atoms with E-state index in [1.807, 2.05) is 158 Å². The van der Waals surface area contributed by atoms with Gasteiger partial charge < -0.3 is 14.5 Å². The standard InChI is InChI=1S/C66H42N8OS/c1-5-21-43(22-6-1)61-67-62(44-23-7-2-8-24-44)70-65(69-61)49-37-47(39-51(41-49)73-53-29-13-17-33-57(53)75-58-34-18-14-30-54(58)73)48-38-50(42-52(40-48)74-55-31-15-19-35-59(55)76-60-36-20-16-32-56(60)74)66-71-63(45-25-9-3-10-26-45)68-64(72-66)46-27-11-4-12-28-46/h1-42H. The van der Waals surface area contributed by atoms with Crippen molar-refractivity contribution in [2.45, 2.75) is 9.79 Å². The molecule has 2 aliphatic heterocycles. The first-order valence-corrected chi connectivity index (χ1v) is 25.8. The predicted molar refractivity (Wildman–Crippen MR) is 305 cm³/mol. The predicted octanol–water partition coefficient (Wildman–Crippen LogP) is 17.2. The summed E-state index contributed by atoms with van der Waals surface area (Å²) in [6.45, 7) is 0. The molecule has 0 N–H and O–H groups in total. The van der Waals surface area contributed by atoms with E-state index < -0.39 is 0 Å². The van der Waals surface area contributed by atoms with E-state index in [1.165, 1.54) is 0 Å². The molecule has 0 spiro atoms. The van der Waals surface area contributed by atoms with Gasteiger partial charge in [0.15, 0.2) is 46.4 Å². The van der Waals surface area contributed by atoms with Crippen molar-refractivity contribution in [1.82, 2.24) is 29.9 Å². The number of nitrogens with zero attached hydrogens (tertiary/aromatic N) is 8. The van der Waals surface area contributed by atoms with Crippen LogP contribution < -0.4 is 14.5 Å². The summed E-state index contributed by atoms with van der Waals surface area (Å²) in [4.78, 5) is 38.3. The summed E-state index contributed by atoms with van der Waals surface area (Å²) in [6, 6.07) is 87.1. The van der Waals surface area contributed by atoms with Crippen molar-refractivity contribution < 1.29 is 4.74 Å². The van der Waals surface area contributed by atoms with E-state index in [1.54, 1.807) is 11.8 Å². The monoisotopic (exact) mass is 994 g/mol. The molecule has 0 saturated carbocycles. The fraction of sp³-hybridized carbons (Fsp3) is 0. The molecule has 0 fully saturated rings. The van der Waals surface area contributed by atoms with Crippen LogP contribution in [0.2, 0.25) is 0 Å². The van der Waals surface area contributed by atoms with Crippen LogP contribution in [0.1, 0.15) is 0 Å². The van der Waals surface area contributed by atoms with Crippen LogP contribution in [0, 0.1) is 0 Å². The molecule has 0 atom stereocenters. The second-order valence-corrected chi connectivity index (χ2v) is 19.4. The molecule has 0 radical (unpaired) electrons. The van der Waals surface area contributed by atoms with Gasteiger partial charge in [-0.2, -0.15) is 0 Å². The average molecular weight is 995 g/mol. The highest BCUT2D eigenvalue weighted by atomic mass is 32.2. The number of benzene rings is 10. The maximum atomic E-state index is 6.58. The van der Waals surface area contributed by atoms with Crippen molar-refractivity contribution >= 4 is 45.9 Å². The van der Waals surface area contributed by atoms with Gasteiger partial charge in [0.1, 0.15) is 0 Å². The van der Waals surface area contributed by atoms with Crippen molar-refractivity contribution in [2.75, 3.05) is 9.80 Å². The molecular formula is C66H42N8OS. The van der Waals surface area contributed by atoms with Gasteiger partial charge in [-0.25, -0.2) is 29.9 Å². The van der Waals surface area contributed by atoms with Crippen molar-refractivity contribution in [2.24, 2.45) is 0 Å². The van der Waals surface area contributed by atoms with Crippen LogP contribution in [0.4, 0.5) is 34.1 Å². The lowest BCUT2D eigenvalue weighted by Gasteiger charge is -2.34. The molecule has 14 rings (SSSR count). The maximum absolute atomic E-state index is 6.58. The lowest BCUT2D eigenvalue weighted by atomic mass is 9.97. The Labute approximate surface area is 443 Å². The summed E-state index contributed by atoms with van der Waals surface area (Å²) in [5, 5.41) is 0. The number of fused-ring (bicyclic) bond motifs is 4. The number of ether oxygens (including phenoxy) is 1. The van der Waals surface area contributed by atoms with E-state index in [0.717, 1.165) is 99.9 Å². The highest BCUT2D eigenvalue weighted by Crippen LogP contribution is 2.54. The highest BCUT2D eigenvalue weighted by molar-refractivity contribution is 7.99. The molecule has 9 nitrogen and oxygen atoms in total. The van der Waals surface area contributed by atoms with E-state index in [2.05, 4.69) is 107 Å². The van der Waals surface area contributed by atoms with E-state index in [9.17, 15) is 0 Å². The Hall–Kier alpha value is -10.0. The smallest absolute Gasteiger partial charge is 0.164 e. The van der Waals surface area contributed by atoms with Crippen molar-refractivity contribution in [1.29, 1.82) is 0 Å². The number of hydrogen-bond acceptors (Lipinski definition) is 10. The summed E-state index contributed by atoms with van der Waals surface area (Å²) in [5.41, 5.74) is 12.7. The largest absolute Gasteiger partial charge is 0.453 e. The van der Waals surface area contributed by atoms with Gasteiger partial charge in [0.2, 0.25) is 0 Å². The Morgan fingerprint density at radius 2 is 0.526 bits per heavy atom. The number of anilines is 6. The Balaban J connectivity index is 1.05. The van der Waals surface area contributed by atoms with Gasteiger partial charge in [-0.1, -0.05) is 182 Å². The van der Waals surface area contributed by atoms with Gasteiger partial charge in [-0.05, 0) is 96.1 Å². The lowest BCUT2D eigenvalue weighted by molar-refractivity contribution is 0.477. The highest BCUT2D eigenvalue weighted by Gasteiger charge is 2.29. The van der Waals surface area contributed by atoms with E-state index >= 15 is 0 Å². The zero-order valence-electron chi connectivity index (χ0n) is 40.6. The van der Waals surface area contributed by atoms with Gasteiger partial charge in [-0.3, -0.25) is 0 Å². The minimum atomic E-state index is 0.524. The fourth-order valence-corrected chi connectivity index (χ4v) is 11.0. The molecule has 2 aliphatic rings. The van der Waals surface area contributed by atoms with Gasteiger partial charge >= 0.3 is 0 Å². The Kier molecular flexibility index (Phi) is 11.2. The van der Waals surface area contributed by atoms with Crippen LogP contribution in [0.25, 0.3) is 79.5 Å².